The van der Waals surface area contributed by atoms with Crippen LogP contribution in [0.1, 0.15) is 17.0 Å². The highest BCUT2D eigenvalue weighted by Gasteiger charge is 2.43. The van der Waals surface area contributed by atoms with E-state index in [0.29, 0.717) is 12.1 Å². The lowest BCUT2D eigenvalue weighted by Crippen LogP contribution is -2.22. The van der Waals surface area contributed by atoms with Crippen molar-refractivity contribution in [2.24, 2.45) is 0 Å². The molecule has 0 aromatic heterocycles. The fraction of sp³-hybridized carbons (Fsp3) is 0.143. The fourth-order valence-electron chi connectivity index (χ4n) is 2.19. The van der Waals surface area contributed by atoms with Gasteiger partial charge in [0.2, 0.25) is 0 Å². The van der Waals surface area contributed by atoms with Gasteiger partial charge in [0.1, 0.15) is 5.92 Å². The Hall–Kier alpha value is -2.71. The summed E-state index contributed by atoms with van der Waals surface area (Å²) in [4.78, 5) is 0. The number of hydrogen-bond acceptors (Lipinski definition) is 4. The first-order chi connectivity index (χ1) is 10.5. The maximum absolute atomic E-state index is 13.5. The van der Waals surface area contributed by atoms with Crippen LogP contribution in [0, 0.1) is 11.6 Å². The summed E-state index contributed by atoms with van der Waals surface area (Å²) in [6, 6.07) is 2.37. The molecule has 23 heavy (non-hydrogen) atoms. The van der Waals surface area contributed by atoms with Crippen molar-refractivity contribution >= 4 is 11.4 Å². The molecule has 0 bridgehead atoms. The Labute approximate surface area is 126 Å². The highest BCUT2D eigenvalue weighted by molar-refractivity contribution is 5.59. The topological polar surface area (TPSA) is 92.5 Å². The predicted molar refractivity (Wildman–Crippen MR) is 72.9 cm³/mol. The lowest BCUT2D eigenvalue weighted by atomic mass is 9.89. The molecular weight excluding hydrogens is 323 g/mol. The number of alkyl halides is 3. The highest BCUT2D eigenvalue weighted by Crippen LogP contribution is 2.44. The molecule has 2 aromatic carbocycles. The van der Waals surface area contributed by atoms with Gasteiger partial charge in [0.15, 0.2) is 23.1 Å². The van der Waals surface area contributed by atoms with E-state index in [1.54, 1.807) is 0 Å². The summed E-state index contributed by atoms with van der Waals surface area (Å²) < 4.78 is 67.1. The first kappa shape index (κ1) is 16.7. The van der Waals surface area contributed by atoms with Crippen LogP contribution in [0.5, 0.6) is 11.5 Å². The number of aromatic hydroxyl groups is 2. The average Bonchev–Trinajstić information content (AvgIpc) is 2.40. The van der Waals surface area contributed by atoms with Crippen molar-refractivity contribution < 1.29 is 32.2 Å². The lowest BCUT2D eigenvalue weighted by molar-refractivity contribution is -0.141. The molecule has 6 N–H and O–H groups in total. The van der Waals surface area contributed by atoms with E-state index >= 15 is 0 Å². The van der Waals surface area contributed by atoms with Gasteiger partial charge in [-0.25, -0.2) is 8.78 Å². The second-order valence-electron chi connectivity index (χ2n) is 4.86. The molecule has 0 fully saturated rings. The quantitative estimate of drug-likeness (QED) is 0.385. The summed E-state index contributed by atoms with van der Waals surface area (Å²) in [7, 11) is 0. The van der Waals surface area contributed by atoms with Crippen LogP contribution < -0.4 is 11.5 Å². The van der Waals surface area contributed by atoms with E-state index < -0.39 is 57.7 Å². The van der Waals surface area contributed by atoms with Crippen LogP contribution in [-0.2, 0) is 0 Å². The van der Waals surface area contributed by atoms with Crippen LogP contribution in [0.2, 0.25) is 0 Å². The summed E-state index contributed by atoms with van der Waals surface area (Å²) in [5.41, 5.74) is 8.06. The first-order valence-corrected chi connectivity index (χ1v) is 6.14. The molecule has 2 rings (SSSR count). The molecule has 0 aliphatic rings. The Kier molecular flexibility index (Phi) is 3.97. The summed E-state index contributed by atoms with van der Waals surface area (Å²) in [5.74, 6) is -7.10. The zero-order valence-electron chi connectivity index (χ0n) is 11.3. The van der Waals surface area contributed by atoms with E-state index in [0.717, 1.165) is 12.1 Å². The van der Waals surface area contributed by atoms with Crippen LogP contribution in [0.3, 0.4) is 0 Å². The molecule has 0 saturated heterocycles. The standard InChI is InChI=1S/C14H11F5N2O2/c15-7-1-5(3-9(20)12(7)22)11(14(17,18)19)6-2-8(16)13(23)10(21)4-6/h1-4,11,22-23H,20-21H2. The van der Waals surface area contributed by atoms with Crippen molar-refractivity contribution in [3.05, 3.63) is 47.0 Å². The van der Waals surface area contributed by atoms with Gasteiger partial charge in [-0.15, -0.1) is 0 Å². The van der Waals surface area contributed by atoms with Gasteiger partial charge in [-0.3, -0.25) is 0 Å². The third kappa shape index (κ3) is 3.08. The second-order valence-corrected chi connectivity index (χ2v) is 4.86. The van der Waals surface area contributed by atoms with Gasteiger partial charge in [-0.1, -0.05) is 0 Å². The van der Waals surface area contributed by atoms with Crippen molar-refractivity contribution in [3.63, 3.8) is 0 Å². The summed E-state index contributed by atoms with van der Waals surface area (Å²) >= 11 is 0. The zero-order valence-corrected chi connectivity index (χ0v) is 11.3. The van der Waals surface area contributed by atoms with Crippen LogP contribution >= 0.6 is 0 Å². The molecule has 0 saturated carbocycles. The van der Waals surface area contributed by atoms with Gasteiger partial charge in [0.25, 0.3) is 0 Å². The Morgan fingerprint density at radius 1 is 0.783 bits per heavy atom. The smallest absolute Gasteiger partial charge is 0.399 e. The molecule has 0 amide bonds. The summed E-state index contributed by atoms with van der Waals surface area (Å²) in [6.45, 7) is 0. The number of halogens is 5. The number of nitrogen functional groups attached to an aromatic ring is 2. The normalized spacial score (nSPS) is 11.9. The molecule has 0 heterocycles. The second kappa shape index (κ2) is 5.49. The maximum Gasteiger partial charge on any atom is 0.399 e. The van der Waals surface area contributed by atoms with Crippen LogP contribution in [0.15, 0.2) is 24.3 Å². The predicted octanol–water partition coefficient (Wildman–Crippen LogP) is 3.23. The Balaban J connectivity index is 2.69. The van der Waals surface area contributed by atoms with Crippen molar-refractivity contribution in [2.75, 3.05) is 11.5 Å². The number of nitrogens with two attached hydrogens (primary N) is 2. The van der Waals surface area contributed by atoms with Gasteiger partial charge in [-0.2, -0.15) is 13.2 Å². The first-order valence-electron chi connectivity index (χ1n) is 6.14. The minimum absolute atomic E-state index is 0.449. The zero-order chi connectivity index (χ0) is 17.5. The largest absolute Gasteiger partial charge is 0.503 e. The van der Waals surface area contributed by atoms with Crippen molar-refractivity contribution in [1.29, 1.82) is 0 Å². The van der Waals surface area contributed by atoms with Gasteiger partial charge >= 0.3 is 6.18 Å². The molecule has 124 valence electrons. The third-order valence-electron chi connectivity index (χ3n) is 3.22. The third-order valence-corrected chi connectivity index (χ3v) is 3.22. The number of phenols is 2. The van der Waals surface area contributed by atoms with Gasteiger partial charge < -0.3 is 21.7 Å². The molecule has 4 nitrogen and oxygen atoms in total. The van der Waals surface area contributed by atoms with E-state index in [4.69, 9.17) is 11.5 Å². The summed E-state index contributed by atoms with van der Waals surface area (Å²) in [6.07, 6.45) is -4.92. The number of hydrogen-bond donors (Lipinski definition) is 4. The van der Waals surface area contributed by atoms with E-state index in [9.17, 15) is 32.2 Å². The van der Waals surface area contributed by atoms with E-state index in [1.165, 1.54) is 0 Å². The molecule has 0 aliphatic heterocycles. The van der Waals surface area contributed by atoms with Crippen molar-refractivity contribution in [3.8, 4) is 11.5 Å². The minimum Gasteiger partial charge on any atom is -0.503 e. The molecule has 0 aliphatic carbocycles. The van der Waals surface area contributed by atoms with E-state index in [1.807, 2.05) is 0 Å². The Morgan fingerprint density at radius 3 is 1.39 bits per heavy atom. The van der Waals surface area contributed by atoms with Crippen molar-refractivity contribution in [2.45, 2.75) is 12.1 Å². The molecule has 0 radical (unpaired) electrons. The molecule has 0 unspecified atom stereocenters. The van der Waals surface area contributed by atoms with Crippen LogP contribution in [0.25, 0.3) is 0 Å². The average molecular weight is 334 g/mol. The summed E-state index contributed by atoms with van der Waals surface area (Å²) in [5, 5.41) is 18.4. The van der Waals surface area contributed by atoms with Gasteiger partial charge in [0.05, 0.1) is 11.4 Å². The molecular formula is C14H11F5N2O2. The van der Waals surface area contributed by atoms with Crippen LogP contribution in [0.4, 0.5) is 33.3 Å². The number of benzene rings is 2. The molecule has 2 aromatic rings. The molecule has 0 spiro atoms. The SMILES string of the molecule is Nc1cc(C(c2cc(N)c(O)c(F)c2)C(F)(F)F)cc(F)c1O. The fourth-order valence-corrected chi connectivity index (χ4v) is 2.19. The van der Waals surface area contributed by atoms with Gasteiger partial charge in [0, 0.05) is 0 Å². The molecule has 9 heteroatoms. The van der Waals surface area contributed by atoms with E-state index in [2.05, 4.69) is 0 Å². The Morgan fingerprint density at radius 2 is 1.13 bits per heavy atom. The van der Waals surface area contributed by atoms with Crippen molar-refractivity contribution in [1.82, 2.24) is 0 Å². The number of anilines is 2. The lowest BCUT2D eigenvalue weighted by Gasteiger charge is -2.22. The molecule has 0 atom stereocenters. The van der Waals surface area contributed by atoms with E-state index in [-0.39, 0.29) is 0 Å². The van der Waals surface area contributed by atoms with Crippen LogP contribution in [-0.4, -0.2) is 16.4 Å². The monoisotopic (exact) mass is 334 g/mol. The minimum atomic E-state index is -4.92. The van der Waals surface area contributed by atoms with Gasteiger partial charge in [-0.05, 0) is 35.4 Å². The maximum atomic E-state index is 13.5. The highest BCUT2D eigenvalue weighted by atomic mass is 19.4. The number of rotatable bonds is 2. The Bertz CT molecular complexity index is 658. The number of phenolic OH excluding ortho intramolecular Hbond substituents is 2.